The normalized spacial score (nSPS) is 19.9. The molecule has 0 amide bonds. The number of rotatable bonds is 2. The summed E-state index contributed by atoms with van der Waals surface area (Å²) in [5.74, 6) is -0.701. The van der Waals surface area contributed by atoms with Gasteiger partial charge in [0.2, 0.25) is 5.79 Å². The van der Waals surface area contributed by atoms with Crippen LogP contribution in [0.3, 0.4) is 0 Å². The highest BCUT2D eigenvalue weighted by Crippen LogP contribution is 2.30. The first-order valence-corrected chi connectivity index (χ1v) is 4.82. The van der Waals surface area contributed by atoms with E-state index < -0.39 is 5.79 Å². The third-order valence-electron chi connectivity index (χ3n) is 2.51. The summed E-state index contributed by atoms with van der Waals surface area (Å²) >= 11 is 0. The minimum atomic E-state index is -0.701. The molecule has 14 heavy (non-hydrogen) atoms. The lowest BCUT2D eigenvalue weighted by Crippen LogP contribution is -2.36. The Hall–Kier alpha value is -0.900. The summed E-state index contributed by atoms with van der Waals surface area (Å²) in [4.78, 5) is 0. The molecule has 0 atom stereocenters. The van der Waals surface area contributed by atoms with Gasteiger partial charge in [0.25, 0.3) is 0 Å². The number of ether oxygens (including phenoxy) is 2. The van der Waals surface area contributed by atoms with Crippen LogP contribution in [0.25, 0.3) is 0 Å². The van der Waals surface area contributed by atoms with Crippen LogP contribution in [0.5, 0.6) is 0 Å². The van der Waals surface area contributed by atoms with E-state index in [2.05, 4.69) is 6.92 Å². The maximum Gasteiger partial charge on any atom is 0.207 e. The fourth-order valence-electron chi connectivity index (χ4n) is 1.66. The molecule has 0 unspecified atom stereocenters. The van der Waals surface area contributed by atoms with Crippen molar-refractivity contribution in [2.75, 3.05) is 19.8 Å². The van der Waals surface area contributed by atoms with Gasteiger partial charge in [0.05, 0.1) is 19.8 Å². The van der Waals surface area contributed by atoms with E-state index in [4.69, 9.17) is 15.2 Å². The quantitative estimate of drug-likeness (QED) is 0.766. The number of benzene rings is 1. The fourth-order valence-corrected chi connectivity index (χ4v) is 1.66. The molecule has 2 rings (SSSR count). The second kappa shape index (κ2) is 3.69. The number of hydrogen-bond acceptors (Lipinski definition) is 3. The lowest BCUT2D eigenvalue weighted by atomic mass is 10.0. The summed E-state index contributed by atoms with van der Waals surface area (Å²) in [6.07, 6.45) is 0. The van der Waals surface area contributed by atoms with Gasteiger partial charge in [-0.2, -0.15) is 0 Å². The van der Waals surface area contributed by atoms with Crippen molar-refractivity contribution >= 4 is 0 Å². The summed E-state index contributed by atoms with van der Waals surface area (Å²) in [5, 5.41) is 0. The average Bonchev–Trinajstić information content (AvgIpc) is 2.68. The summed E-state index contributed by atoms with van der Waals surface area (Å²) < 4.78 is 11.1. The summed E-state index contributed by atoms with van der Waals surface area (Å²) in [6.45, 7) is 3.64. The molecule has 0 aromatic heterocycles. The van der Waals surface area contributed by atoms with E-state index in [1.54, 1.807) is 0 Å². The molecule has 1 aliphatic heterocycles. The SMILES string of the molecule is Cc1ccc(C2(CN)OCCO2)cc1. The van der Waals surface area contributed by atoms with Gasteiger partial charge >= 0.3 is 0 Å². The zero-order chi connectivity index (χ0) is 10.0. The van der Waals surface area contributed by atoms with Gasteiger partial charge in [-0.3, -0.25) is 0 Å². The molecule has 1 heterocycles. The Morgan fingerprint density at radius 2 is 1.79 bits per heavy atom. The fraction of sp³-hybridized carbons (Fsp3) is 0.455. The maximum atomic E-state index is 5.69. The molecule has 0 aliphatic carbocycles. The zero-order valence-electron chi connectivity index (χ0n) is 8.32. The molecule has 0 radical (unpaired) electrons. The highest BCUT2D eigenvalue weighted by Gasteiger charge is 2.36. The van der Waals surface area contributed by atoms with Crippen LogP contribution >= 0.6 is 0 Å². The van der Waals surface area contributed by atoms with Crippen LogP contribution in [0.1, 0.15) is 11.1 Å². The van der Waals surface area contributed by atoms with E-state index in [1.807, 2.05) is 24.3 Å². The maximum absolute atomic E-state index is 5.69. The largest absolute Gasteiger partial charge is 0.342 e. The number of nitrogens with two attached hydrogens (primary N) is 1. The smallest absolute Gasteiger partial charge is 0.207 e. The van der Waals surface area contributed by atoms with Crippen molar-refractivity contribution in [1.29, 1.82) is 0 Å². The Kier molecular flexibility index (Phi) is 2.54. The van der Waals surface area contributed by atoms with Crippen LogP contribution in [-0.2, 0) is 15.3 Å². The van der Waals surface area contributed by atoms with E-state index in [-0.39, 0.29) is 0 Å². The molecule has 2 N–H and O–H groups in total. The summed E-state index contributed by atoms with van der Waals surface area (Å²) in [7, 11) is 0. The molecular formula is C11H15NO2. The van der Waals surface area contributed by atoms with Crippen LogP contribution in [0.2, 0.25) is 0 Å². The predicted octanol–water partition coefficient (Wildman–Crippen LogP) is 1.15. The molecule has 1 aromatic rings. The topological polar surface area (TPSA) is 44.5 Å². The van der Waals surface area contributed by atoms with Crippen molar-refractivity contribution in [3.63, 3.8) is 0 Å². The average molecular weight is 193 g/mol. The Balaban J connectivity index is 2.31. The molecule has 0 bridgehead atoms. The highest BCUT2D eigenvalue weighted by molar-refractivity contribution is 5.25. The first-order valence-electron chi connectivity index (χ1n) is 4.82. The molecule has 1 fully saturated rings. The lowest BCUT2D eigenvalue weighted by molar-refractivity contribution is -0.156. The Bertz CT molecular complexity index is 302. The van der Waals surface area contributed by atoms with Crippen LogP contribution in [0, 0.1) is 6.92 Å². The minimum Gasteiger partial charge on any atom is -0.342 e. The van der Waals surface area contributed by atoms with Gasteiger partial charge in [0.1, 0.15) is 0 Å². The van der Waals surface area contributed by atoms with Crippen LogP contribution in [0.15, 0.2) is 24.3 Å². The van der Waals surface area contributed by atoms with Gasteiger partial charge in [-0.1, -0.05) is 29.8 Å². The molecule has 76 valence electrons. The van der Waals surface area contributed by atoms with Gasteiger partial charge in [-0.05, 0) is 6.92 Å². The molecule has 3 heteroatoms. The van der Waals surface area contributed by atoms with Crippen molar-refractivity contribution < 1.29 is 9.47 Å². The molecule has 1 aromatic carbocycles. The molecule has 1 aliphatic rings. The lowest BCUT2D eigenvalue weighted by Gasteiger charge is -2.26. The Morgan fingerprint density at radius 3 is 2.29 bits per heavy atom. The first-order chi connectivity index (χ1) is 6.77. The Morgan fingerprint density at radius 1 is 1.21 bits per heavy atom. The number of aryl methyl sites for hydroxylation is 1. The van der Waals surface area contributed by atoms with Crippen LogP contribution < -0.4 is 5.73 Å². The van der Waals surface area contributed by atoms with Gasteiger partial charge in [0, 0.05) is 5.56 Å². The van der Waals surface area contributed by atoms with E-state index in [0.717, 1.165) is 5.56 Å². The van der Waals surface area contributed by atoms with Gasteiger partial charge in [-0.15, -0.1) is 0 Å². The van der Waals surface area contributed by atoms with Crippen molar-refractivity contribution in [2.24, 2.45) is 5.73 Å². The van der Waals surface area contributed by atoms with E-state index in [1.165, 1.54) is 5.56 Å². The van der Waals surface area contributed by atoms with Crippen molar-refractivity contribution in [2.45, 2.75) is 12.7 Å². The third kappa shape index (κ3) is 1.54. The van der Waals surface area contributed by atoms with Crippen LogP contribution in [0.4, 0.5) is 0 Å². The Labute approximate surface area is 83.8 Å². The summed E-state index contributed by atoms with van der Waals surface area (Å²) in [6, 6.07) is 8.09. The number of hydrogen-bond donors (Lipinski definition) is 1. The van der Waals surface area contributed by atoms with E-state index in [9.17, 15) is 0 Å². The highest BCUT2D eigenvalue weighted by atomic mass is 16.7. The van der Waals surface area contributed by atoms with E-state index in [0.29, 0.717) is 19.8 Å². The van der Waals surface area contributed by atoms with Crippen molar-refractivity contribution in [3.05, 3.63) is 35.4 Å². The predicted molar refractivity (Wildman–Crippen MR) is 53.8 cm³/mol. The second-order valence-electron chi connectivity index (χ2n) is 3.52. The van der Waals surface area contributed by atoms with Gasteiger partial charge in [-0.25, -0.2) is 0 Å². The van der Waals surface area contributed by atoms with Gasteiger partial charge in [0.15, 0.2) is 0 Å². The standard InChI is InChI=1S/C11H15NO2/c1-9-2-4-10(5-3-9)11(8-12)13-6-7-14-11/h2-5H,6-8,12H2,1H3. The molecule has 1 saturated heterocycles. The first kappa shape index (κ1) is 9.65. The molecule has 3 nitrogen and oxygen atoms in total. The van der Waals surface area contributed by atoms with E-state index >= 15 is 0 Å². The zero-order valence-corrected chi connectivity index (χ0v) is 8.32. The van der Waals surface area contributed by atoms with Crippen LogP contribution in [-0.4, -0.2) is 19.8 Å². The second-order valence-corrected chi connectivity index (χ2v) is 3.52. The van der Waals surface area contributed by atoms with Gasteiger partial charge < -0.3 is 15.2 Å². The molecule has 0 spiro atoms. The summed E-state index contributed by atoms with van der Waals surface area (Å²) in [5.41, 5.74) is 7.91. The molecule has 0 saturated carbocycles. The van der Waals surface area contributed by atoms with Crippen molar-refractivity contribution in [1.82, 2.24) is 0 Å². The third-order valence-corrected chi connectivity index (χ3v) is 2.51. The minimum absolute atomic E-state index is 0.357. The molecular weight excluding hydrogens is 178 g/mol. The van der Waals surface area contributed by atoms with Crippen molar-refractivity contribution in [3.8, 4) is 0 Å². The monoisotopic (exact) mass is 193 g/mol.